The summed E-state index contributed by atoms with van der Waals surface area (Å²) in [7, 11) is 0. The summed E-state index contributed by atoms with van der Waals surface area (Å²) < 4.78 is -0.146. The van der Waals surface area contributed by atoms with Crippen LogP contribution in [0, 0.1) is 11.8 Å². The minimum atomic E-state index is -0.146. The molecule has 0 radical (unpaired) electrons. The van der Waals surface area contributed by atoms with E-state index in [4.69, 9.17) is 4.99 Å². The molecule has 1 unspecified atom stereocenters. The first-order valence-corrected chi connectivity index (χ1v) is 8.65. The van der Waals surface area contributed by atoms with Gasteiger partial charge in [-0.1, -0.05) is 37.4 Å². The quantitative estimate of drug-likeness (QED) is 0.801. The number of hydrogen-bond acceptors (Lipinski definition) is 3. The number of nitrogens with zero attached hydrogens (tertiary/aromatic N) is 1. The van der Waals surface area contributed by atoms with E-state index in [9.17, 15) is 4.79 Å². The number of aliphatic imine (C=N–C) groups is 1. The number of rotatable bonds is 1. The number of fused-ring (bicyclic) bond motifs is 3. The summed E-state index contributed by atoms with van der Waals surface area (Å²) in [4.78, 5) is 17.1. The SMILES string of the molecule is O=C1NC(=NC2CC3CCC2CC3)SC12CCCC2. The Hall–Kier alpha value is -0.510. The zero-order valence-electron chi connectivity index (χ0n) is 11.4. The summed E-state index contributed by atoms with van der Waals surface area (Å²) in [6.07, 6.45) is 11.3. The van der Waals surface area contributed by atoms with Crippen molar-refractivity contribution in [1.29, 1.82) is 0 Å². The number of hydrogen-bond donors (Lipinski definition) is 1. The summed E-state index contributed by atoms with van der Waals surface area (Å²) >= 11 is 1.74. The van der Waals surface area contributed by atoms with Gasteiger partial charge < -0.3 is 5.32 Å². The highest BCUT2D eigenvalue weighted by molar-refractivity contribution is 8.16. The smallest absolute Gasteiger partial charge is 0.242 e. The Morgan fingerprint density at radius 1 is 1.16 bits per heavy atom. The highest BCUT2D eigenvalue weighted by atomic mass is 32.2. The number of carbonyl (C=O) groups excluding carboxylic acids is 1. The molecule has 0 aromatic heterocycles. The first-order chi connectivity index (χ1) is 9.25. The molecular weight excluding hydrogens is 256 g/mol. The predicted octanol–water partition coefficient (Wildman–Crippen LogP) is 3.10. The lowest BCUT2D eigenvalue weighted by Crippen LogP contribution is -2.36. The van der Waals surface area contributed by atoms with Gasteiger partial charge in [0.2, 0.25) is 5.91 Å². The van der Waals surface area contributed by atoms with Gasteiger partial charge in [0, 0.05) is 0 Å². The topological polar surface area (TPSA) is 41.5 Å². The second-order valence-electron chi connectivity index (χ2n) is 6.78. The fourth-order valence-corrected chi connectivity index (χ4v) is 5.79. The highest BCUT2D eigenvalue weighted by Gasteiger charge is 2.48. The Balaban J connectivity index is 1.51. The van der Waals surface area contributed by atoms with Crippen LogP contribution in [0.5, 0.6) is 0 Å². The molecule has 1 aliphatic heterocycles. The third kappa shape index (κ3) is 2.03. The van der Waals surface area contributed by atoms with E-state index in [0.717, 1.165) is 29.8 Å². The average molecular weight is 278 g/mol. The van der Waals surface area contributed by atoms with E-state index < -0.39 is 0 Å². The minimum absolute atomic E-state index is 0.146. The molecule has 1 amide bonds. The summed E-state index contributed by atoms with van der Waals surface area (Å²) in [5, 5.41) is 4.00. The van der Waals surface area contributed by atoms with Crippen molar-refractivity contribution in [2.24, 2.45) is 16.8 Å². The zero-order chi connectivity index (χ0) is 12.9. The van der Waals surface area contributed by atoms with Crippen molar-refractivity contribution < 1.29 is 4.79 Å². The molecule has 1 heterocycles. The molecule has 1 spiro atoms. The van der Waals surface area contributed by atoms with Crippen LogP contribution in [-0.4, -0.2) is 21.9 Å². The standard InChI is InChI=1S/C15H22N2OS/c18-13-15(7-1-2-8-15)19-14(17-13)16-12-9-10-3-5-11(12)6-4-10/h10-12H,1-9H2,(H,16,17,18). The van der Waals surface area contributed by atoms with Crippen molar-refractivity contribution in [2.45, 2.75) is 68.6 Å². The Kier molecular flexibility index (Phi) is 2.90. The summed E-state index contributed by atoms with van der Waals surface area (Å²) in [5.41, 5.74) is 0. The molecule has 3 nitrogen and oxygen atoms in total. The van der Waals surface area contributed by atoms with Crippen molar-refractivity contribution in [3.63, 3.8) is 0 Å². The van der Waals surface area contributed by atoms with Crippen molar-refractivity contribution in [2.75, 3.05) is 0 Å². The first-order valence-electron chi connectivity index (χ1n) is 7.83. The molecular formula is C15H22N2OS. The van der Waals surface area contributed by atoms with Gasteiger partial charge in [0.1, 0.15) is 4.75 Å². The average Bonchev–Trinajstić information content (AvgIpc) is 3.00. The van der Waals surface area contributed by atoms with Crippen molar-refractivity contribution >= 4 is 22.8 Å². The van der Waals surface area contributed by atoms with Crippen LogP contribution in [0.2, 0.25) is 0 Å². The molecule has 5 rings (SSSR count). The molecule has 5 fully saturated rings. The maximum atomic E-state index is 12.2. The van der Waals surface area contributed by atoms with Crippen LogP contribution in [0.1, 0.15) is 57.8 Å². The van der Waals surface area contributed by atoms with Gasteiger partial charge >= 0.3 is 0 Å². The Labute approximate surface area is 119 Å². The zero-order valence-corrected chi connectivity index (χ0v) is 12.2. The fraction of sp³-hybridized carbons (Fsp3) is 0.867. The van der Waals surface area contributed by atoms with Gasteiger partial charge in [-0.2, -0.15) is 0 Å². The Bertz CT molecular complexity index is 420. The van der Waals surface area contributed by atoms with Crippen LogP contribution in [0.15, 0.2) is 4.99 Å². The van der Waals surface area contributed by atoms with Gasteiger partial charge in [0.15, 0.2) is 5.17 Å². The lowest BCUT2D eigenvalue weighted by Gasteiger charge is -2.40. The minimum Gasteiger partial charge on any atom is -0.304 e. The number of amides is 1. The maximum absolute atomic E-state index is 12.2. The van der Waals surface area contributed by atoms with Gasteiger partial charge in [-0.3, -0.25) is 9.79 Å². The van der Waals surface area contributed by atoms with Crippen LogP contribution in [0.3, 0.4) is 0 Å². The molecule has 1 atom stereocenters. The third-order valence-corrected chi connectivity index (χ3v) is 7.02. The highest BCUT2D eigenvalue weighted by Crippen LogP contribution is 2.47. The molecule has 4 saturated carbocycles. The van der Waals surface area contributed by atoms with Crippen LogP contribution < -0.4 is 5.32 Å². The second-order valence-corrected chi connectivity index (χ2v) is 8.15. The summed E-state index contributed by atoms with van der Waals surface area (Å²) in [5.74, 6) is 1.92. The molecule has 19 heavy (non-hydrogen) atoms. The van der Waals surface area contributed by atoms with E-state index in [1.165, 1.54) is 44.9 Å². The van der Waals surface area contributed by atoms with Crippen LogP contribution in [0.4, 0.5) is 0 Å². The first kappa shape index (κ1) is 12.2. The lowest BCUT2D eigenvalue weighted by atomic mass is 9.68. The van der Waals surface area contributed by atoms with Gasteiger partial charge in [-0.15, -0.1) is 0 Å². The summed E-state index contributed by atoms with van der Waals surface area (Å²) in [6.45, 7) is 0. The summed E-state index contributed by atoms with van der Waals surface area (Å²) in [6, 6.07) is 0.492. The van der Waals surface area contributed by atoms with E-state index in [2.05, 4.69) is 5.32 Å². The van der Waals surface area contributed by atoms with E-state index in [0.29, 0.717) is 6.04 Å². The van der Waals surface area contributed by atoms with Crippen LogP contribution in [0.25, 0.3) is 0 Å². The Morgan fingerprint density at radius 2 is 1.89 bits per heavy atom. The molecule has 104 valence electrons. The number of thioether (sulfide) groups is 1. The van der Waals surface area contributed by atoms with E-state index in [1.54, 1.807) is 11.8 Å². The number of carbonyl (C=O) groups is 1. The fourth-order valence-electron chi connectivity index (χ4n) is 4.45. The number of nitrogens with one attached hydrogen (secondary N) is 1. The van der Waals surface area contributed by atoms with Gasteiger partial charge in [0.25, 0.3) is 0 Å². The second kappa shape index (κ2) is 4.51. The molecule has 5 aliphatic rings. The monoisotopic (exact) mass is 278 g/mol. The largest absolute Gasteiger partial charge is 0.304 e. The van der Waals surface area contributed by atoms with Crippen molar-refractivity contribution in [3.8, 4) is 0 Å². The van der Waals surface area contributed by atoms with Gasteiger partial charge in [-0.25, -0.2) is 0 Å². The van der Waals surface area contributed by atoms with Gasteiger partial charge in [-0.05, 0) is 43.9 Å². The van der Waals surface area contributed by atoms with Crippen LogP contribution >= 0.6 is 11.8 Å². The molecule has 2 bridgehead atoms. The van der Waals surface area contributed by atoms with Crippen molar-refractivity contribution in [1.82, 2.24) is 5.32 Å². The Morgan fingerprint density at radius 3 is 2.53 bits per heavy atom. The molecule has 0 aromatic carbocycles. The number of amidine groups is 1. The predicted molar refractivity (Wildman–Crippen MR) is 78.2 cm³/mol. The molecule has 4 aliphatic carbocycles. The van der Waals surface area contributed by atoms with E-state index in [-0.39, 0.29) is 10.7 Å². The van der Waals surface area contributed by atoms with Crippen LogP contribution in [-0.2, 0) is 4.79 Å². The van der Waals surface area contributed by atoms with E-state index >= 15 is 0 Å². The normalized spacial score (nSPS) is 42.2. The van der Waals surface area contributed by atoms with E-state index in [1.807, 2.05) is 0 Å². The molecule has 1 saturated heterocycles. The molecule has 0 aromatic rings. The lowest BCUT2D eigenvalue weighted by molar-refractivity contribution is -0.121. The maximum Gasteiger partial charge on any atom is 0.242 e. The molecule has 4 heteroatoms. The molecule has 1 N–H and O–H groups in total. The third-order valence-electron chi connectivity index (χ3n) is 5.63. The van der Waals surface area contributed by atoms with Crippen molar-refractivity contribution in [3.05, 3.63) is 0 Å². The van der Waals surface area contributed by atoms with Gasteiger partial charge in [0.05, 0.1) is 6.04 Å².